The van der Waals surface area contributed by atoms with Crippen LogP contribution in [0.3, 0.4) is 0 Å². The van der Waals surface area contributed by atoms with Gasteiger partial charge in [-0.2, -0.15) is 0 Å². The molecule has 0 saturated carbocycles. The molecule has 1 heterocycles. The lowest BCUT2D eigenvalue weighted by Crippen LogP contribution is -2.36. The molecule has 0 radical (unpaired) electrons. The molecule has 0 aromatic rings. The van der Waals surface area contributed by atoms with Gasteiger partial charge in [0.1, 0.15) is 0 Å². The van der Waals surface area contributed by atoms with Gasteiger partial charge in [0.05, 0.1) is 13.0 Å². The van der Waals surface area contributed by atoms with E-state index >= 15 is 0 Å². The van der Waals surface area contributed by atoms with Gasteiger partial charge < -0.3 is 14.7 Å². The number of amides is 1. The third kappa shape index (κ3) is 4.87. The van der Waals surface area contributed by atoms with E-state index in [0.717, 1.165) is 12.8 Å². The zero-order valence-corrected chi connectivity index (χ0v) is 10.6. The molecule has 1 aliphatic rings. The summed E-state index contributed by atoms with van der Waals surface area (Å²) in [6.07, 6.45) is 4.52. The van der Waals surface area contributed by atoms with E-state index in [-0.39, 0.29) is 18.4 Å². The minimum Gasteiger partial charge on any atom is -0.481 e. The van der Waals surface area contributed by atoms with E-state index in [1.54, 1.807) is 11.0 Å². The molecule has 0 aliphatic carbocycles. The van der Waals surface area contributed by atoms with E-state index in [2.05, 4.69) is 6.58 Å². The smallest absolute Gasteiger partial charge is 0.305 e. The van der Waals surface area contributed by atoms with Gasteiger partial charge >= 0.3 is 5.97 Å². The summed E-state index contributed by atoms with van der Waals surface area (Å²) < 4.78 is 5.20. The zero-order chi connectivity index (χ0) is 13.4. The lowest BCUT2D eigenvalue weighted by atomic mass is 10.1. The van der Waals surface area contributed by atoms with E-state index in [1.165, 1.54) is 0 Å². The van der Waals surface area contributed by atoms with Gasteiger partial charge in [-0.05, 0) is 19.3 Å². The van der Waals surface area contributed by atoms with Crippen LogP contribution in [0.15, 0.2) is 12.7 Å². The molecule has 102 valence electrons. The number of hydrogen-bond acceptors (Lipinski definition) is 3. The van der Waals surface area contributed by atoms with Crippen molar-refractivity contribution in [3.8, 4) is 0 Å². The normalized spacial score (nSPS) is 18.9. The fourth-order valence-corrected chi connectivity index (χ4v) is 2.21. The van der Waals surface area contributed by atoms with Crippen molar-refractivity contribution in [3.05, 3.63) is 12.7 Å². The van der Waals surface area contributed by atoms with Gasteiger partial charge in [0.25, 0.3) is 0 Å². The summed E-state index contributed by atoms with van der Waals surface area (Å²) in [4.78, 5) is 24.3. The second-order valence-electron chi connectivity index (χ2n) is 4.45. The quantitative estimate of drug-likeness (QED) is 0.526. The minimum atomic E-state index is -0.839. The highest BCUT2D eigenvalue weighted by molar-refractivity contribution is 5.78. The monoisotopic (exact) mass is 255 g/mol. The topological polar surface area (TPSA) is 66.8 Å². The van der Waals surface area contributed by atoms with Crippen molar-refractivity contribution >= 4 is 11.9 Å². The Morgan fingerprint density at radius 3 is 2.94 bits per heavy atom. The predicted octanol–water partition coefficient (Wildman–Crippen LogP) is 1.43. The molecule has 1 atom stereocenters. The molecular formula is C13H21NO4. The Labute approximate surface area is 107 Å². The maximum absolute atomic E-state index is 11.9. The van der Waals surface area contributed by atoms with Crippen LogP contribution in [0.4, 0.5) is 0 Å². The van der Waals surface area contributed by atoms with Crippen molar-refractivity contribution < 1.29 is 19.4 Å². The molecule has 0 spiro atoms. The van der Waals surface area contributed by atoms with Gasteiger partial charge in [0, 0.05) is 25.6 Å². The van der Waals surface area contributed by atoms with Crippen LogP contribution in [0.1, 0.15) is 32.1 Å². The number of ether oxygens (including phenoxy) is 1. The Morgan fingerprint density at radius 2 is 2.28 bits per heavy atom. The predicted molar refractivity (Wildman–Crippen MR) is 67.2 cm³/mol. The first-order valence-electron chi connectivity index (χ1n) is 6.35. The van der Waals surface area contributed by atoms with Gasteiger partial charge in [-0.15, -0.1) is 6.58 Å². The summed E-state index contributed by atoms with van der Waals surface area (Å²) in [6, 6.07) is -0.121. The van der Waals surface area contributed by atoms with E-state index in [0.29, 0.717) is 32.6 Å². The highest BCUT2D eigenvalue weighted by Gasteiger charge is 2.29. The summed E-state index contributed by atoms with van der Waals surface area (Å²) >= 11 is 0. The molecule has 1 saturated heterocycles. The van der Waals surface area contributed by atoms with Crippen molar-refractivity contribution in [3.63, 3.8) is 0 Å². The van der Waals surface area contributed by atoms with Crippen LogP contribution in [0.25, 0.3) is 0 Å². The highest BCUT2D eigenvalue weighted by atomic mass is 16.5. The van der Waals surface area contributed by atoms with Crippen LogP contribution in [0, 0.1) is 0 Å². The minimum absolute atomic E-state index is 0.0425. The number of hydrogen-bond donors (Lipinski definition) is 1. The van der Waals surface area contributed by atoms with Crippen molar-refractivity contribution in [2.75, 3.05) is 19.8 Å². The molecule has 1 fully saturated rings. The average Bonchev–Trinajstić information content (AvgIpc) is 2.76. The fourth-order valence-electron chi connectivity index (χ4n) is 2.21. The number of carbonyl (C=O) groups is 2. The molecule has 1 aliphatic heterocycles. The summed E-state index contributed by atoms with van der Waals surface area (Å²) in [7, 11) is 0. The Hall–Kier alpha value is -1.36. The van der Waals surface area contributed by atoms with Crippen molar-refractivity contribution in [1.29, 1.82) is 0 Å². The molecule has 5 heteroatoms. The second kappa shape index (κ2) is 7.87. The average molecular weight is 255 g/mol. The molecular weight excluding hydrogens is 234 g/mol. The number of likely N-dealkylation sites (tertiary alicyclic amines) is 1. The summed E-state index contributed by atoms with van der Waals surface area (Å²) in [5, 5.41) is 8.78. The van der Waals surface area contributed by atoms with Gasteiger partial charge in [0.15, 0.2) is 0 Å². The molecule has 5 nitrogen and oxygen atoms in total. The second-order valence-corrected chi connectivity index (χ2v) is 4.45. The maximum Gasteiger partial charge on any atom is 0.305 e. The zero-order valence-electron chi connectivity index (χ0n) is 10.6. The number of nitrogens with zero attached hydrogens (tertiary/aromatic N) is 1. The number of rotatable bonds is 8. The molecule has 1 N–H and O–H groups in total. The third-order valence-corrected chi connectivity index (χ3v) is 3.02. The Bertz CT molecular complexity index is 303. The van der Waals surface area contributed by atoms with Gasteiger partial charge in [-0.25, -0.2) is 0 Å². The number of carboxylic acid groups (broad SMARTS) is 1. The van der Waals surface area contributed by atoms with E-state index < -0.39 is 5.97 Å². The number of carbonyl (C=O) groups excluding carboxylic acids is 1. The van der Waals surface area contributed by atoms with Crippen LogP contribution in [-0.2, 0) is 14.3 Å². The number of aliphatic carboxylic acids is 1. The number of carboxylic acids is 1. The summed E-state index contributed by atoms with van der Waals surface area (Å²) in [5.74, 6) is -0.796. The first-order chi connectivity index (χ1) is 8.65. The largest absolute Gasteiger partial charge is 0.481 e. The SMILES string of the molecule is C=CCOCCCC(=O)N1CCCC1CC(=O)O. The molecule has 1 unspecified atom stereocenters. The van der Waals surface area contributed by atoms with Gasteiger partial charge in [-0.3, -0.25) is 9.59 Å². The van der Waals surface area contributed by atoms with E-state index in [9.17, 15) is 9.59 Å². The van der Waals surface area contributed by atoms with Crippen LogP contribution in [0.2, 0.25) is 0 Å². The van der Waals surface area contributed by atoms with Crippen LogP contribution < -0.4 is 0 Å². The Kier molecular flexibility index (Phi) is 6.43. The van der Waals surface area contributed by atoms with Crippen LogP contribution in [-0.4, -0.2) is 47.7 Å². The van der Waals surface area contributed by atoms with Crippen molar-refractivity contribution in [2.45, 2.75) is 38.1 Å². The van der Waals surface area contributed by atoms with Crippen LogP contribution >= 0.6 is 0 Å². The Morgan fingerprint density at radius 1 is 1.50 bits per heavy atom. The van der Waals surface area contributed by atoms with Gasteiger partial charge in [0.2, 0.25) is 5.91 Å². The fraction of sp³-hybridized carbons (Fsp3) is 0.692. The summed E-state index contributed by atoms with van der Waals surface area (Å²) in [5.41, 5.74) is 0. The first kappa shape index (κ1) is 14.7. The van der Waals surface area contributed by atoms with E-state index in [4.69, 9.17) is 9.84 Å². The third-order valence-electron chi connectivity index (χ3n) is 3.02. The maximum atomic E-state index is 11.9. The molecule has 1 amide bonds. The van der Waals surface area contributed by atoms with Crippen LogP contribution in [0.5, 0.6) is 0 Å². The highest BCUT2D eigenvalue weighted by Crippen LogP contribution is 2.21. The van der Waals surface area contributed by atoms with Crippen molar-refractivity contribution in [1.82, 2.24) is 4.90 Å². The van der Waals surface area contributed by atoms with Crippen molar-refractivity contribution in [2.24, 2.45) is 0 Å². The Balaban J connectivity index is 2.27. The molecule has 0 aromatic heterocycles. The first-order valence-corrected chi connectivity index (χ1v) is 6.35. The van der Waals surface area contributed by atoms with Gasteiger partial charge in [-0.1, -0.05) is 6.08 Å². The molecule has 1 rings (SSSR count). The molecule has 18 heavy (non-hydrogen) atoms. The standard InChI is InChI=1S/C13H21NO4/c1-2-8-18-9-4-6-12(15)14-7-3-5-11(14)10-13(16)17/h2,11H,1,3-10H2,(H,16,17). The molecule has 0 bridgehead atoms. The summed E-state index contributed by atoms with van der Waals surface area (Å²) in [6.45, 7) is 5.26. The molecule has 0 aromatic carbocycles. The lowest BCUT2D eigenvalue weighted by molar-refractivity contribution is -0.140. The van der Waals surface area contributed by atoms with E-state index in [1.807, 2.05) is 0 Å². The lowest BCUT2D eigenvalue weighted by Gasteiger charge is -2.23.